The van der Waals surface area contributed by atoms with E-state index in [2.05, 4.69) is 26.1 Å². The van der Waals surface area contributed by atoms with E-state index in [-0.39, 0.29) is 11.4 Å². The zero-order valence-electron chi connectivity index (χ0n) is 22.0. The van der Waals surface area contributed by atoms with Gasteiger partial charge in [0.15, 0.2) is 0 Å². The van der Waals surface area contributed by atoms with Crippen molar-refractivity contribution >= 4 is 41.2 Å². The number of anilines is 1. The molecule has 0 atom stereocenters. The summed E-state index contributed by atoms with van der Waals surface area (Å²) in [6, 6.07) is 30.0. The van der Waals surface area contributed by atoms with Crippen LogP contribution in [0.2, 0.25) is 0 Å². The molecule has 0 aliphatic heterocycles. The summed E-state index contributed by atoms with van der Waals surface area (Å²) in [5, 5.41) is 25.2. The number of hydrazone groups is 1. The van der Waals surface area contributed by atoms with E-state index < -0.39 is 11.8 Å². The highest BCUT2D eigenvalue weighted by Gasteiger charge is 2.14. The van der Waals surface area contributed by atoms with E-state index in [1.165, 1.54) is 12.3 Å². The first-order chi connectivity index (χ1) is 19.4. The lowest BCUT2D eigenvalue weighted by atomic mass is 10.1. The Hall–Kier alpha value is -5.57. The maximum absolute atomic E-state index is 13.1. The molecule has 0 saturated heterocycles. The van der Waals surface area contributed by atoms with Gasteiger partial charge in [0.1, 0.15) is 11.4 Å². The fraction of sp³-hybridized carbons (Fsp3) is 0.0645. The quantitative estimate of drug-likeness (QED) is 0.109. The first kappa shape index (κ1) is 27.5. The van der Waals surface area contributed by atoms with Crippen molar-refractivity contribution in [2.24, 2.45) is 15.3 Å². The van der Waals surface area contributed by atoms with Gasteiger partial charge in [-0.25, -0.2) is 5.43 Å². The number of amides is 2. The van der Waals surface area contributed by atoms with Crippen LogP contribution in [0.25, 0.3) is 6.08 Å². The molecule has 0 bridgehead atoms. The molecule has 0 spiro atoms. The molecule has 0 aliphatic carbocycles. The minimum Gasteiger partial charge on any atom is -0.507 e. The van der Waals surface area contributed by atoms with Crippen LogP contribution in [-0.2, 0) is 4.79 Å². The van der Waals surface area contributed by atoms with Gasteiger partial charge in [0.2, 0.25) is 0 Å². The van der Waals surface area contributed by atoms with Crippen LogP contribution in [-0.4, -0.2) is 37.2 Å². The average Bonchev–Trinajstić information content (AvgIpc) is 2.98. The third-order valence-corrected chi connectivity index (χ3v) is 5.67. The van der Waals surface area contributed by atoms with Crippen molar-refractivity contribution in [3.63, 3.8) is 0 Å². The Labute approximate surface area is 232 Å². The summed E-state index contributed by atoms with van der Waals surface area (Å²) in [5.74, 6) is -1.13. The molecular formula is C31H28N6O3. The lowest BCUT2D eigenvalue weighted by Crippen LogP contribution is -2.32. The average molecular weight is 533 g/mol. The number of phenolic OH excluding ortho intramolecular Hbond substituents is 1. The Morgan fingerprint density at radius 2 is 1.45 bits per heavy atom. The van der Waals surface area contributed by atoms with Crippen LogP contribution in [0.1, 0.15) is 21.5 Å². The summed E-state index contributed by atoms with van der Waals surface area (Å²) < 4.78 is 0. The molecule has 0 heterocycles. The summed E-state index contributed by atoms with van der Waals surface area (Å²) in [6.07, 6.45) is 2.85. The summed E-state index contributed by atoms with van der Waals surface area (Å²) in [7, 11) is 3.86. The molecule has 0 unspecified atom stereocenters. The highest BCUT2D eigenvalue weighted by molar-refractivity contribution is 6.05. The molecule has 2 amide bonds. The smallest absolute Gasteiger partial charge is 0.287 e. The second kappa shape index (κ2) is 13.3. The molecular weight excluding hydrogens is 504 g/mol. The first-order valence-corrected chi connectivity index (χ1v) is 12.4. The normalized spacial score (nSPS) is 11.5. The zero-order valence-corrected chi connectivity index (χ0v) is 22.0. The highest BCUT2D eigenvalue weighted by Crippen LogP contribution is 2.24. The number of aromatic hydroxyl groups is 1. The molecule has 0 fully saturated rings. The van der Waals surface area contributed by atoms with Crippen molar-refractivity contribution in [3.05, 3.63) is 126 Å². The van der Waals surface area contributed by atoms with Gasteiger partial charge in [-0.05, 0) is 66.2 Å². The van der Waals surface area contributed by atoms with Crippen LogP contribution in [0.4, 0.5) is 17.1 Å². The van der Waals surface area contributed by atoms with Gasteiger partial charge in [0, 0.05) is 30.9 Å². The predicted molar refractivity (Wildman–Crippen MR) is 157 cm³/mol. The van der Waals surface area contributed by atoms with Crippen LogP contribution in [0.3, 0.4) is 0 Å². The molecule has 0 aromatic heterocycles. The van der Waals surface area contributed by atoms with E-state index in [1.54, 1.807) is 48.5 Å². The molecule has 3 N–H and O–H groups in total. The van der Waals surface area contributed by atoms with Gasteiger partial charge in [0.25, 0.3) is 11.8 Å². The predicted octanol–water partition coefficient (Wildman–Crippen LogP) is 5.79. The van der Waals surface area contributed by atoms with E-state index in [9.17, 15) is 14.7 Å². The number of nitrogens with zero attached hydrogens (tertiary/aromatic N) is 4. The Morgan fingerprint density at radius 3 is 2.12 bits per heavy atom. The van der Waals surface area contributed by atoms with Gasteiger partial charge in [-0.3, -0.25) is 9.59 Å². The number of nitrogens with one attached hydrogen (secondary N) is 2. The highest BCUT2D eigenvalue weighted by atomic mass is 16.3. The van der Waals surface area contributed by atoms with Crippen molar-refractivity contribution < 1.29 is 14.7 Å². The van der Waals surface area contributed by atoms with E-state index in [0.29, 0.717) is 28.1 Å². The van der Waals surface area contributed by atoms with Gasteiger partial charge in [-0.2, -0.15) is 15.3 Å². The number of hydrogen-bond donors (Lipinski definition) is 3. The Balaban J connectivity index is 1.52. The second-order valence-electron chi connectivity index (χ2n) is 8.84. The summed E-state index contributed by atoms with van der Waals surface area (Å²) in [5.41, 5.74) is 6.02. The third-order valence-electron chi connectivity index (χ3n) is 5.67. The monoisotopic (exact) mass is 532 g/mol. The van der Waals surface area contributed by atoms with Gasteiger partial charge in [0.05, 0.1) is 17.6 Å². The van der Waals surface area contributed by atoms with Crippen molar-refractivity contribution in [2.45, 2.75) is 0 Å². The standard InChI is InChI=1S/C31H28N6O3/c1-37(2)27-16-13-22(14-17-27)19-28(33-30(39)23-9-5-3-6-10-23)31(40)36-32-21-24-20-26(15-18-29(24)38)35-34-25-11-7-4-8-12-25/h3-21,38H,1-2H3,(H,33,39)(H,36,40). The molecule has 200 valence electrons. The maximum Gasteiger partial charge on any atom is 0.287 e. The number of phenols is 1. The minimum atomic E-state index is -0.642. The van der Waals surface area contributed by atoms with Crippen molar-refractivity contribution in [3.8, 4) is 5.75 Å². The summed E-state index contributed by atoms with van der Waals surface area (Å²) in [4.78, 5) is 27.8. The van der Waals surface area contributed by atoms with Crippen LogP contribution in [0.15, 0.2) is 124 Å². The van der Waals surface area contributed by atoms with Gasteiger partial charge in [-0.1, -0.05) is 48.5 Å². The molecule has 0 aliphatic rings. The Morgan fingerprint density at radius 1 is 0.800 bits per heavy atom. The lowest BCUT2D eigenvalue weighted by Gasteiger charge is -2.12. The number of benzene rings is 4. The molecule has 9 heteroatoms. The molecule has 4 aromatic rings. The van der Waals surface area contributed by atoms with Crippen LogP contribution < -0.4 is 15.6 Å². The Bertz CT molecular complexity index is 1550. The van der Waals surface area contributed by atoms with E-state index in [4.69, 9.17) is 0 Å². The van der Waals surface area contributed by atoms with E-state index in [1.807, 2.05) is 73.6 Å². The third kappa shape index (κ3) is 7.72. The second-order valence-corrected chi connectivity index (χ2v) is 8.84. The maximum atomic E-state index is 13.1. The molecule has 4 rings (SSSR count). The van der Waals surface area contributed by atoms with Gasteiger partial charge >= 0.3 is 0 Å². The number of carbonyl (C=O) groups excluding carboxylic acids is 2. The number of carbonyl (C=O) groups is 2. The number of azo groups is 1. The molecule has 9 nitrogen and oxygen atoms in total. The fourth-order valence-corrected chi connectivity index (χ4v) is 3.52. The molecule has 40 heavy (non-hydrogen) atoms. The van der Waals surface area contributed by atoms with Gasteiger partial charge in [-0.15, -0.1) is 0 Å². The first-order valence-electron chi connectivity index (χ1n) is 12.4. The van der Waals surface area contributed by atoms with Crippen LogP contribution >= 0.6 is 0 Å². The van der Waals surface area contributed by atoms with E-state index >= 15 is 0 Å². The number of hydrogen-bond acceptors (Lipinski definition) is 7. The SMILES string of the molecule is CN(C)c1ccc(C=C(NC(=O)c2ccccc2)C(=O)NN=Cc2cc(N=Nc3ccccc3)ccc2O)cc1. The largest absolute Gasteiger partial charge is 0.507 e. The van der Waals surface area contributed by atoms with Crippen molar-refractivity contribution in [1.29, 1.82) is 0 Å². The van der Waals surface area contributed by atoms with Crippen molar-refractivity contribution in [2.75, 3.05) is 19.0 Å². The lowest BCUT2D eigenvalue weighted by molar-refractivity contribution is -0.117. The van der Waals surface area contributed by atoms with E-state index in [0.717, 1.165) is 5.69 Å². The summed E-state index contributed by atoms with van der Waals surface area (Å²) >= 11 is 0. The molecule has 4 aromatic carbocycles. The molecule has 0 saturated carbocycles. The van der Waals surface area contributed by atoms with Crippen molar-refractivity contribution in [1.82, 2.24) is 10.7 Å². The topological polar surface area (TPSA) is 119 Å². The minimum absolute atomic E-state index is 0.00163. The number of rotatable bonds is 9. The van der Waals surface area contributed by atoms with Crippen LogP contribution in [0.5, 0.6) is 5.75 Å². The fourth-order valence-electron chi connectivity index (χ4n) is 3.52. The van der Waals surface area contributed by atoms with Gasteiger partial charge < -0.3 is 15.3 Å². The zero-order chi connectivity index (χ0) is 28.3. The summed E-state index contributed by atoms with van der Waals surface area (Å²) in [6.45, 7) is 0. The molecule has 0 radical (unpaired) electrons. The Kier molecular flexibility index (Phi) is 9.13. The van der Waals surface area contributed by atoms with Crippen LogP contribution in [0, 0.1) is 0 Å².